The van der Waals surface area contributed by atoms with Crippen LogP contribution in [0.15, 0.2) is 18.2 Å². The minimum Gasteiger partial charge on any atom is -0.466 e. The van der Waals surface area contributed by atoms with Crippen molar-refractivity contribution in [1.82, 2.24) is 0 Å². The maximum absolute atomic E-state index is 11.3. The topological polar surface area (TPSA) is 95.5 Å². The largest absolute Gasteiger partial charge is 0.466 e. The van der Waals surface area contributed by atoms with Crippen LogP contribution in [0.5, 0.6) is 0 Å². The highest BCUT2D eigenvalue weighted by molar-refractivity contribution is 5.70. The molecule has 0 spiro atoms. The zero-order chi connectivity index (χ0) is 13.7. The van der Waals surface area contributed by atoms with Gasteiger partial charge in [-0.2, -0.15) is 0 Å². The van der Waals surface area contributed by atoms with Crippen molar-refractivity contribution in [2.75, 3.05) is 6.61 Å². The Kier molecular flexibility index (Phi) is 4.79. The Morgan fingerprint density at radius 2 is 2.22 bits per heavy atom. The number of nitrogens with zero attached hydrogens (tertiary/aromatic N) is 1. The number of nitro benzene ring substituents is 1. The number of aryl methyl sites for hydroxylation is 1. The molecule has 0 heterocycles. The number of hydrogen-bond donors (Lipinski definition) is 1. The molecular weight excluding hydrogens is 236 g/mol. The number of nitro groups is 1. The molecule has 1 rings (SSSR count). The minimum absolute atomic E-state index is 0.00630. The van der Waals surface area contributed by atoms with Crippen LogP contribution < -0.4 is 5.73 Å². The molecule has 1 atom stereocenters. The van der Waals surface area contributed by atoms with Crippen molar-refractivity contribution in [3.63, 3.8) is 0 Å². The third-order valence-corrected chi connectivity index (χ3v) is 2.55. The fraction of sp³-hybridized carbons (Fsp3) is 0.417. The average Bonchev–Trinajstić information content (AvgIpc) is 2.29. The Labute approximate surface area is 105 Å². The van der Waals surface area contributed by atoms with Gasteiger partial charge in [0.2, 0.25) is 0 Å². The maximum atomic E-state index is 11.3. The lowest BCUT2D eigenvalue weighted by atomic mass is 10.0. The summed E-state index contributed by atoms with van der Waals surface area (Å²) in [7, 11) is 0. The molecule has 0 saturated heterocycles. The Hall–Kier alpha value is -1.95. The van der Waals surface area contributed by atoms with E-state index in [4.69, 9.17) is 10.5 Å². The number of rotatable bonds is 5. The number of hydrogen-bond acceptors (Lipinski definition) is 5. The Morgan fingerprint density at radius 3 is 2.78 bits per heavy atom. The third-order valence-electron chi connectivity index (χ3n) is 2.55. The molecule has 0 unspecified atom stereocenters. The zero-order valence-corrected chi connectivity index (χ0v) is 10.4. The third kappa shape index (κ3) is 3.53. The molecule has 6 heteroatoms. The number of nitrogens with two attached hydrogens (primary N) is 1. The Morgan fingerprint density at radius 1 is 1.56 bits per heavy atom. The predicted molar refractivity (Wildman–Crippen MR) is 66.0 cm³/mol. The van der Waals surface area contributed by atoms with Crippen LogP contribution in [-0.2, 0) is 9.53 Å². The number of carbonyl (C=O) groups excluding carboxylic acids is 1. The fourth-order valence-electron chi connectivity index (χ4n) is 1.57. The van der Waals surface area contributed by atoms with E-state index in [2.05, 4.69) is 0 Å². The first-order valence-corrected chi connectivity index (χ1v) is 5.61. The smallest absolute Gasteiger partial charge is 0.307 e. The van der Waals surface area contributed by atoms with Gasteiger partial charge < -0.3 is 10.5 Å². The highest BCUT2D eigenvalue weighted by Crippen LogP contribution is 2.23. The summed E-state index contributed by atoms with van der Waals surface area (Å²) in [6.07, 6.45) is 0.00799. The molecule has 0 aliphatic rings. The summed E-state index contributed by atoms with van der Waals surface area (Å²) in [6.45, 7) is 3.65. The summed E-state index contributed by atoms with van der Waals surface area (Å²) in [4.78, 5) is 21.6. The van der Waals surface area contributed by atoms with Crippen molar-refractivity contribution in [2.45, 2.75) is 26.3 Å². The zero-order valence-electron chi connectivity index (χ0n) is 10.4. The standard InChI is InChI=1S/C12H16N2O4/c1-3-18-12(15)7-10(13)9-5-4-8(2)11(6-9)14(16)17/h4-6,10H,3,7,13H2,1-2H3/t10-/m1/s1. The van der Waals surface area contributed by atoms with Crippen LogP contribution in [0.2, 0.25) is 0 Å². The summed E-state index contributed by atoms with van der Waals surface area (Å²) in [5.41, 5.74) is 6.95. The molecule has 0 aliphatic carbocycles. The second-order valence-electron chi connectivity index (χ2n) is 3.92. The summed E-state index contributed by atoms with van der Waals surface area (Å²) in [6, 6.07) is 4.12. The van der Waals surface area contributed by atoms with Gasteiger partial charge in [0, 0.05) is 17.7 Å². The molecule has 0 aromatic heterocycles. The van der Waals surface area contributed by atoms with Crippen molar-refractivity contribution in [3.8, 4) is 0 Å². The fourth-order valence-corrected chi connectivity index (χ4v) is 1.57. The molecule has 0 amide bonds. The SMILES string of the molecule is CCOC(=O)C[C@@H](N)c1ccc(C)c([N+](=O)[O-])c1. The van der Waals surface area contributed by atoms with Crippen molar-refractivity contribution >= 4 is 11.7 Å². The predicted octanol–water partition coefficient (Wildman–Crippen LogP) is 1.86. The number of ether oxygens (including phenoxy) is 1. The quantitative estimate of drug-likeness (QED) is 0.490. The van der Waals surface area contributed by atoms with E-state index >= 15 is 0 Å². The van der Waals surface area contributed by atoms with Crippen LogP contribution in [0.1, 0.15) is 30.5 Å². The molecule has 0 bridgehead atoms. The first-order chi connectivity index (χ1) is 8.45. The van der Waals surface area contributed by atoms with Crippen molar-refractivity contribution < 1.29 is 14.5 Å². The summed E-state index contributed by atoms with van der Waals surface area (Å²) in [5.74, 6) is -0.409. The molecule has 18 heavy (non-hydrogen) atoms. The minimum atomic E-state index is -0.594. The number of benzene rings is 1. The van der Waals surface area contributed by atoms with Crippen molar-refractivity contribution in [2.24, 2.45) is 5.73 Å². The first-order valence-electron chi connectivity index (χ1n) is 5.61. The highest BCUT2D eigenvalue weighted by atomic mass is 16.6. The lowest BCUT2D eigenvalue weighted by Crippen LogP contribution is -2.17. The summed E-state index contributed by atoms with van der Waals surface area (Å²) < 4.78 is 4.78. The molecule has 0 fully saturated rings. The van der Waals surface area contributed by atoms with Gasteiger partial charge in [0.25, 0.3) is 5.69 Å². The van der Waals surface area contributed by atoms with Gasteiger partial charge in [0.15, 0.2) is 0 Å². The van der Waals surface area contributed by atoms with Crippen LogP contribution in [0, 0.1) is 17.0 Å². The van der Waals surface area contributed by atoms with Gasteiger partial charge in [-0.3, -0.25) is 14.9 Å². The van der Waals surface area contributed by atoms with E-state index < -0.39 is 16.9 Å². The Balaban J connectivity index is 2.86. The first kappa shape index (κ1) is 14.1. The van der Waals surface area contributed by atoms with Gasteiger partial charge in [-0.1, -0.05) is 12.1 Å². The van der Waals surface area contributed by atoms with Gasteiger partial charge in [-0.25, -0.2) is 0 Å². The normalized spacial score (nSPS) is 11.9. The molecule has 98 valence electrons. The molecule has 0 radical (unpaired) electrons. The van der Waals surface area contributed by atoms with E-state index in [0.29, 0.717) is 17.7 Å². The van der Waals surface area contributed by atoms with Gasteiger partial charge in [-0.05, 0) is 19.4 Å². The van der Waals surface area contributed by atoms with E-state index in [1.807, 2.05) is 0 Å². The van der Waals surface area contributed by atoms with Crippen LogP contribution in [0.3, 0.4) is 0 Å². The lowest BCUT2D eigenvalue weighted by Gasteiger charge is -2.11. The van der Waals surface area contributed by atoms with Gasteiger partial charge in [-0.15, -0.1) is 0 Å². The molecule has 1 aromatic carbocycles. The van der Waals surface area contributed by atoms with Crippen LogP contribution in [0.4, 0.5) is 5.69 Å². The average molecular weight is 252 g/mol. The number of esters is 1. The number of carbonyl (C=O) groups is 1. The lowest BCUT2D eigenvalue weighted by molar-refractivity contribution is -0.385. The monoisotopic (exact) mass is 252 g/mol. The van der Waals surface area contributed by atoms with Crippen LogP contribution in [0.25, 0.3) is 0 Å². The van der Waals surface area contributed by atoms with Crippen molar-refractivity contribution in [1.29, 1.82) is 0 Å². The van der Waals surface area contributed by atoms with Crippen LogP contribution >= 0.6 is 0 Å². The van der Waals surface area contributed by atoms with E-state index in [9.17, 15) is 14.9 Å². The van der Waals surface area contributed by atoms with E-state index in [0.717, 1.165) is 0 Å². The van der Waals surface area contributed by atoms with Gasteiger partial charge in [0.05, 0.1) is 18.0 Å². The molecule has 2 N–H and O–H groups in total. The van der Waals surface area contributed by atoms with Crippen molar-refractivity contribution in [3.05, 3.63) is 39.4 Å². The maximum Gasteiger partial charge on any atom is 0.307 e. The second kappa shape index (κ2) is 6.11. The van der Waals surface area contributed by atoms with E-state index in [1.54, 1.807) is 26.0 Å². The van der Waals surface area contributed by atoms with Gasteiger partial charge >= 0.3 is 5.97 Å². The highest BCUT2D eigenvalue weighted by Gasteiger charge is 2.17. The summed E-state index contributed by atoms with van der Waals surface area (Å²) >= 11 is 0. The van der Waals surface area contributed by atoms with E-state index in [-0.39, 0.29) is 12.1 Å². The molecule has 6 nitrogen and oxygen atoms in total. The molecule has 1 aromatic rings. The van der Waals surface area contributed by atoms with E-state index in [1.165, 1.54) is 6.07 Å². The second-order valence-corrected chi connectivity index (χ2v) is 3.92. The van der Waals surface area contributed by atoms with Gasteiger partial charge in [0.1, 0.15) is 0 Å². The van der Waals surface area contributed by atoms with Crippen LogP contribution in [-0.4, -0.2) is 17.5 Å². The Bertz CT molecular complexity index is 459. The molecular formula is C12H16N2O4. The molecule has 0 saturated carbocycles. The summed E-state index contributed by atoms with van der Waals surface area (Å²) in [5, 5.41) is 10.8. The molecule has 0 aliphatic heterocycles.